The van der Waals surface area contributed by atoms with Crippen molar-refractivity contribution in [1.82, 2.24) is 0 Å². The van der Waals surface area contributed by atoms with Gasteiger partial charge in [0.15, 0.2) is 6.10 Å². The largest absolute Gasteiger partial charge is 0.462 e. The van der Waals surface area contributed by atoms with Crippen molar-refractivity contribution in [3.05, 3.63) is 134 Å². The van der Waals surface area contributed by atoms with E-state index in [9.17, 15) is 14.4 Å². The molecule has 0 aromatic heterocycles. The molecule has 0 amide bonds. The van der Waals surface area contributed by atoms with Crippen LogP contribution in [0.25, 0.3) is 0 Å². The van der Waals surface area contributed by atoms with E-state index in [1.54, 1.807) is 0 Å². The fraction of sp³-hybridized carbons (Fsp3) is 0.500. The Bertz CT molecular complexity index is 1300. The van der Waals surface area contributed by atoms with Crippen LogP contribution >= 0.6 is 0 Å². The first-order chi connectivity index (χ1) is 27.5. The number of ether oxygens (including phenoxy) is 3. The van der Waals surface area contributed by atoms with Gasteiger partial charge in [-0.3, -0.25) is 14.4 Å². The molecule has 0 bridgehead atoms. The van der Waals surface area contributed by atoms with Crippen LogP contribution in [0, 0.1) is 0 Å². The summed E-state index contributed by atoms with van der Waals surface area (Å²) in [6, 6.07) is 0. The molecule has 0 radical (unpaired) electrons. The molecule has 0 saturated heterocycles. The van der Waals surface area contributed by atoms with Crippen LogP contribution in [0.5, 0.6) is 0 Å². The topological polar surface area (TPSA) is 78.9 Å². The monoisotopic (exact) mass is 771 g/mol. The van der Waals surface area contributed by atoms with Crippen molar-refractivity contribution in [2.75, 3.05) is 13.2 Å². The first kappa shape index (κ1) is 51.5. The van der Waals surface area contributed by atoms with Crippen molar-refractivity contribution in [2.45, 2.75) is 149 Å². The summed E-state index contributed by atoms with van der Waals surface area (Å²) in [4.78, 5) is 37.6. The zero-order valence-corrected chi connectivity index (χ0v) is 35.1. The number of hydrogen-bond acceptors (Lipinski definition) is 6. The quantitative estimate of drug-likeness (QED) is 0.0210. The summed E-state index contributed by atoms with van der Waals surface area (Å²) in [6.07, 6.45) is 60.3. The molecule has 0 aliphatic rings. The standard InChI is InChI=1S/C50H74O6/c1-4-7-10-13-16-19-21-23-24-25-27-28-31-34-37-40-43-49(52)55-46-47(45-54-48(51)42-39-36-33-30-18-15-12-9-6-3)56-50(53)44-41-38-35-32-29-26-22-20-17-14-11-8-5-2/h7-12,14,16-20,22-24,26-30,32,35,47H,4-6,13,15,21,25,31,33-34,36-46H2,1-3H3/b10-7-,11-8-,12-9-,17-14-,19-16-,22-20-,24-23-,28-27-,29-26-,30-18-,35-32-. The van der Waals surface area contributed by atoms with Crippen molar-refractivity contribution in [3.8, 4) is 0 Å². The molecule has 6 nitrogen and oxygen atoms in total. The maximum atomic E-state index is 12.7. The maximum Gasteiger partial charge on any atom is 0.306 e. The predicted octanol–water partition coefficient (Wildman–Crippen LogP) is 13.6. The van der Waals surface area contributed by atoms with Crippen LogP contribution in [0.4, 0.5) is 0 Å². The molecule has 0 aromatic rings. The Kier molecular flexibility index (Phi) is 39.8. The number of carbonyl (C=O) groups is 3. The first-order valence-corrected chi connectivity index (χ1v) is 21.3. The molecule has 0 rings (SSSR count). The van der Waals surface area contributed by atoms with Crippen LogP contribution in [0.15, 0.2) is 134 Å². The van der Waals surface area contributed by atoms with Crippen molar-refractivity contribution in [2.24, 2.45) is 0 Å². The molecular formula is C50H74O6. The minimum atomic E-state index is -0.843. The Morgan fingerprint density at radius 2 is 0.750 bits per heavy atom. The molecule has 0 saturated carbocycles. The van der Waals surface area contributed by atoms with E-state index in [0.717, 1.165) is 83.5 Å². The number of esters is 3. The lowest BCUT2D eigenvalue weighted by Crippen LogP contribution is -2.30. The molecule has 310 valence electrons. The highest BCUT2D eigenvalue weighted by Gasteiger charge is 2.19. The van der Waals surface area contributed by atoms with E-state index in [2.05, 4.69) is 99.8 Å². The van der Waals surface area contributed by atoms with E-state index in [4.69, 9.17) is 14.2 Å². The Morgan fingerprint density at radius 3 is 1.25 bits per heavy atom. The zero-order chi connectivity index (χ0) is 40.8. The number of carbonyl (C=O) groups excluding carboxylic acids is 3. The average molecular weight is 771 g/mol. The molecule has 0 fully saturated rings. The fourth-order valence-corrected chi connectivity index (χ4v) is 4.91. The second-order valence-corrected chi connectivity index (χ2v) is 13.2. The lowest BCUT2D eigenvalue weighted by atomic mass is 10.1. The first-order valence-electron chi connectivity index (χ1n) is 21.3. The predicted molar refractivity (Wildman–Crippen MR) is 237 cm³/mol. The lowest BCUT2D eigenvalue weighted by molar-refractivity contribution is -0.167. The van der Waals surface area contributed by atoms with Gasteiger partial charge in [-0.15, -0.1) is 0 Å². The Balaban J connectivity index is 4.60. The zero-order valence-electron chi connectivity index (χ0n) is 35.1. The van der Waals surface area contributed by atoms with Gasteiger partial charge in [0, 0.05) is 19.3 Å². The normalized spacial score (nSPS) is 13.4. The van der Waals surface area contributed by atoms with Gasteiger partial charge < -0.3 is 14.2 Å². The summed E-state index contributed by atoms with van der Waals surface area (Å²) < 4.78 is 16.5. The van der Waals surface area contributed by atoms with E-state index < -0.39 is 12.1 Å². The summed E-state index contributed by atoms with van der Waals surface area (Å²) in [7, 11) is 0. The molecule has 0 spiro atoms. The average Bonchev–Trinajstić information content (AvgIpc) is 3.19. The number of hydrogen-bond donors (Lipinski definition) is 0. The van der Waals surface area contributed by atoms with Gasteiger partial charge in [0.2, 0.25) is 0 Å². The van der Waals surface area contributed by atoms with E-state index in [-0.39, 0.29) is 38.0 Å². The summed E-state index contributed by atoms with van der Waals surface area (Å²) in [5, 5.41) is 0. The Labute approximate surface area is 341 Å². The fourth-order valence-electron chi connectivity index (χ4n) is 4.91. The smallest absolute Gasteiger partial charge is 0.306 e. The molecule has 1 atom stereocenters. The van der Waals surface area contributed by atoms with Crippen molar-refractivity contribution in [1.29, 1.82) is 0 Å². The molecule has 0 aliphatic carbocycles. The summed E-state index contributed by atoms with van der Waals surface area (Å²) in [5.41, 5.74) is 0. The highest BCUT2D eigenvalue weighted by molar-refractivity contribution is 5.71. The van der Waals surface area contributed by atoms with Gasteiger partial charge in [-0.25, -0.2) is 0 Å². The van der Waals surface area contributed by atoms with E-state index in [0.29, 0.717) is 25.7 Å². The summed E-state index contributed by atoms with van der Waals surface area (Å²) in [5.74, 6) is -1.10. The van der Waals surface area contributed by atoms with Crippen molar-refractivity contribution >= 4 is 17.9 Å². The van der Waals surface area contributed by atoms with Gasteiger partial charge in [-0.05, 0) is 96.3 Å². The van der Waals surface area contributed by atoms with Gasteiger partial charge in [-0.1, -0.05) is 161 Å². The van der Waals surface area contributed by atoms with E-state index in [1.165, 1.54) is 0 Å². The van der Waals surface area contributed by atoms with Crippen LogP contribution in [0.1, 0.15) is 143 Å². The minimum absolute atomic E-state index is 0.140. The molecule has 0 N–H and O–H groups in total. The van der Waals surface area contributed by atoms with Crippen LogP contribution in [0.2, 0.25) is 0 Å². The Morgan fingerprint density at radius 1 is 0.375 bits per heavy atom. The van der Waals surface area contributed by atoms with E-state index in [1.807, 2.05) is 54.7 Å². The van der Waals surface area contributed by atoms with Crippen molar-refractivity contribution in [3.63, 3.8) is 0 Å². The van der Waals surface area contributed by atoms with Crippen LogP contribution in [-0.2, 0) is 28.6 Å². The summed E-state index contributed by atoms with van der Waals surface area (Å²) in [6.45, 7) is 6.08. The second kappa shape index (κ2) is 43.3. The molecule has 1 unspecified atom stereocenters. The molecule has 0 aromatic carbocycles. The van der Waals surface area contributed by atoms with Gasteiger partial charge in [0.25, 0.3) is 0 Å². The van der Waals surface area contributed by atoms with E-state index >= 15 is 0 Å². The SMILES string of the molecule is CC\C=C/C=C\C=C/C=C\C=C/CCCC(=O)OC(COC(=O)CCCC/C=C\C/C=C\CC)COC(=O)CCCCC/C=C\C/C=C\C/C=C\C/C=C\CC. The van der Waals surface area contributed by atoms with Crippen molar-refractivity contribution < 1.29 is 28.6 Å². The van der Waals surface area contributed by atoms with Crippen LogP contribution < -0.4 is 0 Å². The van der Waals surface area contributed by atoms with Gasteiger partial charge in [0.05, 0.1) is 0 Å². The number of rotatable bonds is 35. The lowest BCUT2D eigenvalue weighted by Gasteiger charge is -2.18. The molecule has 0 aliphatic heterocycles. The molecular weight excluding hydrogens is 697 g/mol. The third-order valence-corrected chi connectivity index (χ3v) is 8.01. The van der Waals surface area contributed by atoms with Gasteiger partial charge in [-0.2, -0.15) is 0 Å². The minimum Gasteiger partial charge on any atom is -0.462 e. The third-order valence-electron chi connectivity index (χ3n) is 8.01. The number of unbranched alkanes of at least 4 members (excludes halogenated alkanes) is 6. The Hall–Kier alpha value is -4.45. The molecule has 0 heterocycles. The molecule has 56 heavy (non-hydrogen) atoms. The molecule has 6 heteroatoms. The highest BCUT2D eigenvalue weighted by Crippen LogP contribution is 2.09. The second-order valence-electron chi connectivity index (χ2n) is 13.2. The summed E-state index contributed by atoms with van der Waals surface area (Å²) >= 11 is 0. The number of allylic oxidation sites excluding steroid dienone is 22. The van der Waals surface area contributed by atoms with Crippen LogP contribution in [0.3, 0.4) is 0 Å². The van der Waals surface area contributed by atoms with Gasteiger partial charge in [0.1, 0.15) is 13.2 Å². The third kappa shape index (κ3) is 40.7. The highest BCUT2D eigenvalue weighted by atomic mass is 16.6. The van der Waals surface area contributed by atoms with Gasteiger partial charge >= 0.3 is 17.9 Å². The maximum absolute atomic E-state index is 12.7. The van der Waals surface area contributed by atoms with Crippen LogP contribution in [-0.4, -0.2) is 37.2 Å².